The third-order valence-electron chi connectivity index (χ3n) is 3.92. The number of hydrogen-bond acceptors (Lipinski definition) is 9. The van der Waals surface area contributed by atoms with Crippen LogP contribution in [0.15, 0.2) is 52.9 Å². The molecule has 0 spiro atoms. The number of ether oxygens (including phenoxy) is 3. The average molecular weight is 459 g/mol. The molecule has 0 radical (unpaired) electrons. The minimum atomic E-state index is -0.340. The SMILES string of the molecule is O=C(CSc1nnc(NC(=O)COc2ccccc2)s1)Nc1ccc2c(c1)OCCO2. The molecule has 4 rings (SSSR count). The van der Waals surface area contributed by atoms with E-state index in [1.807, 2.05) is 18.2 Å². The smallest absolute Gasteiger partial charge is 0.264 e. The Balaban J connectivity index is 1.21. The summed E-state index contributed by atoms with van der Waals surface area (Å²) >= 11 is 2.42. The van der Waals surface area contributed by atoms with Crippen molar-refractivity contribution in [2.24, 2.45) is 0 Å². The lowest BCUT2D eigenvalue weighted by molar-refractivity contribution is -0.118. The number of hydrogen-bond donors (Lipinski definition) is 2. The number of nitrogens with one attached hydrogen (secondary N) is 2. The average Bonchev–Trinajstić information content (AvgIpc) is 3.24. The van der Waals surface area contributed by atoms with Crippen molar-refractivity contribution in [3.05, 3.63) is 48.5 Å². The van der Waals surface area contributed by atoms with Crippen molar-refractivity contribution in [1.82, 2.24) is 10.2 Å². The van der Waals surface area contributed by atoms with Gasteiger partial charge in [0.1, 0.15) is 19.0 Å². The Kier molecular flexibility index (Phi) is 6.85. The maximum atomic E-state index is 12.2. The van der Waals surface area contributed by atoms with Gasteiger partial charge < -0.3 is 19.5 Å². The number of fused-ring (bicyclic) bond motifs is 1. The Hall–Kier alpha value is -3.31. The normalized spacial score (nSPS) is 12.1. The van der Waals surface area contributed by atoms with Gasteiger partial charge in [-0.15, -0.1) is 10.2 Å². The number of thioether (sulfide) groups is 1. The summed E-state index contributed by atoms with van der Waals surface area (Å²) in [5.74, 6) is 1.49. The molecular formula is C20H18N4O5S2. The van der Waals surface area contributed by atoms with Gasteiger partial charge in [-0.2, -0.15) is 0 Å². The third kappa shape index (κ3) is 6.09. The lowest BCUT2D eigenvalue weighted by Crippen LogP contribution is -2.20. The first kappa shape index (κ1) is 20.9. The zero-order chi connectivity index (χ0) is 21.5. The fourth-order valence-corrected chi connectivity index (χ4v) is 4.15. The summed E-state index contributed by atoms with van der Waals surface area (Å²) in [6, 6.07) is 14.3. The Bertz CT molecular complexity index is 1060. The number of aromatic nitrogens is 2. The van der Waals surface area contributed by atoms with Gasteiger partial charge in [0.25, 0.3) is 5.91 Å². The van der Waals surface area contributed by atoms with Gasteiger partial charge in [0.05, 0.1) is 5.75 Å². The fraction of sp³-hybridized carbons (Fsp3) is 0.200. The number of amides is 2. The van der Waals surface area contributed by atoms with E-state index in [2.05, 4.69) is 20.8 Å². The van der Waals surface area contributed by atoms with Crippen LogP contribution < -0.4 is 24.8 Å². The molecule has 0 bridgehead atoms. The molecule has 9 nitrogen and oxygen atoms in total. The van der Waals surface area contributed by atoms with E-state index in [-0.39, 0.29) is 24.2 Å². The van der Waals surface area contributed by atoms with Gasteiger partial charge in [-0.3, -0.25) is 14.9 Å². The maximum Gasteiger partial charge on any atom is 0.264 e. The maximum absolute atomic E-state index is 12.2. The van der Waals surface area contributed by atoms with Gasteiger partial charge in [0.2, 0.25) is 11.0 Å². The molecule has 2 heterocycles. The Morgan fingerprint density at radius 2 is 1.81 bits per heavy atom. The molecule has 1 aromatic heterocycles. The van der Waals surface area contributed by atoms with Crippen LogP contribution in [0.5, 0.6) is 17.2 Å². The van der Waals surface area contributed by atoms with E-state index in [1.54, 1.807) is 30.3 Å². The van der Waals surface area contributed by atoms with Crippen molar-refractivity contribution < 1.29 is 23.8 Å². The molecule has 2 amide bonds. The highest BCUT2D eigenvalue weighted by atomic mass is 32.2. The van der Waals surface area contributed by atoms with Gasteiger partial charge in [0.15, 0.2) is 22.4 Å². The van der Waals surface area contributed by atoms with Gasteiger partial charge in [-0.25, -0.2) is 0 Å². The molecule has 0 unspecified atom stereocenters. The van der Waals surface area contributed by atoms with Crippen molar-refractivity contribution >= 4 is 45.7 Å². The van der Waals surface area contributed by atoms with Crippen LogP contribution >= 0.6 is 23.1 Å². The second-order valence-corrected chi connectivity index (χ2v) is 8.42. The van der Waals surface area contributed by atoms with Crippen molar-refractivity contribution in [1.29, 1.82) is 0 Å². The summed E-state index contributed by atoms with van der Waals surface area (Å²) < 4.78 is 16.9. The van der Waals surface area contributed by atoms with E-state index in [0.717, 1.165) is 0 Å². The molecule has 3 aromatic rings. The largest absolute Gasteiger partial charge is 0.486 e. The van der Waals surface area contributed by atoms with Crippen LogP contribution in [0.2, 0.25) is 0 Å². The van der Waals surface area contributed by atoms with E-state index in [9.17, 15) is 9.59 Å². The van der Waals surface area contributed by atoms with Crippen LogP contribution in [0, 0.1) is 0 Å². The first-order chi connectivity index (χ1) is 15.2. The second-order valence-electron chi connectivity index (χ2n) is 6.22. The second kappa shape index (κ2) is 10.1. The predicted octanol–water partition coefficient (Wildman–Crippen LogP) is 3.06. The lowest BCUT2D eigenvalue weighted by atomic mass is 10.2. The topological polar surface area (TPSA) is 112 Å². The first-order valence-corrected chi connectivity index (χ1v) is 11.1. The van der Waals surface area contributed by atoms with Crippen LogP contribution in [0.25, 0.3) is 0 Å². The van der Waals surface area contributed by atoms with E-state index in [4.69, 9.17) is 14.2 Å². The van der Waals surface area contributed by atoms with E-state index >= 15 is 0 Å². The molecule has 0 atom stereocenters. The number of nitrogens with zero attached hydrogens (tertiary/aromatic N) is 2. The lowest BCUT2D eigenvalue weighted by Gasteiger charge is -2.18. The summed E-state index contributed by atoms with van der Waals surface area (Å²) in [4.78, 5) is 24.2. The van der Waals surface area contributed by atoms with Crippen LogP contribution in [0.1, 0.15) is 0 Å². The molecule has 2 N–H and O–H groups in total. The van der Waals surface area contributed by atoms with Gasteiger partial charge in [0, 0.05) is 11.8 Å². The van der Waals surface area contributed by atoms with E-state index in [0.29, 0.717) is 45.6 Å². The third-order valence-corrected chi connectivity index (χ3v) is 5.89. The standard InChI is InChI=1S/C20H18N4O5S2/c25-17(11-29-14-4-2-1-3-5-14)22-19-23-24-20(31-19)30-12-18(26)21-13-6-7-15-16(10-13)28-9-8-27-15/h1-7,10H,8-9,11-12H2,(H,21,26)(H,22,23,25). The Morgan fingerprint density at radius 1 is 1.00 bits per heavy atom. The van der Waals surface area contributed by atoms with Crippen molar-refractivity contribution in [2.75, 3.05) is 36.2 Å². The number of carbonyl (C=O) groups excluding carboxylic acids is 2. The predicted molar refractivity (Wildman–Crippen MR) is 117 cm³/mol. The van der Waals surface area contributed by atoms with Crippen LogP contribution in [0.4, 0.5) is 10.8 Å². The van der Waals surface area contributed by atoms with Crippen LogP contribution in [-0.4, -0.2) is 47.6 Å². The molecule has 0 saturated heterocycles. The zero-order valence-electron chi connectivity index (χ0n) is 16.2. The van der Waals surface area contributed by atoms with Crippen molar-refractivity contribution in [3.63, 3.8) is 0 Å². The highest BCUT2D eigenvalue weighted by Crippen LogP contribution is 2.32. The summed E-state index contributed by atoms with van der Waals surface area (Å²) in [5, 5.41) is 13.7. The molecule has 11 heteroatoms. The Morgan fingerprint density at radius 3 is 2.65 bits per heavy atom. The molecule has 1 aliphatic rings. The number of para-hydroxylation sites is 1. The molecule has 31 heavy (non-hydrogen) atoms. The summed E-state index contributed by atoms with van der Waals surface area (Å²) in [7, 11) is 0. The van der Waals surface area contributed by atoms with Crippen molar-refractivity contribution in [2.45, 2.75) is 4.34 Å². The minimum absolute atomic E-state index is 0.135. The molecule has 0 saturated carbocycles. The molecular weight excluding hydrogens is 440 g/mol. The van der Waals surface area contributed by atoms with Crippen molar-refractivity contribution in [3.8, 4) is 17.2 Å². The van der Waals surface area contributed by atoms with Crippen LogP contribution in [0.3, 0.4) is 0 Å². The monoisotopic (exact) mass is 458 g/mol. The quantitative estimate of drug-likeness (QED) is 0.391. The fourth-order valence-electron chi connectivity index (χ4n) is 2.59. The number of benzene rings is 2. The molecule has 0 fully saturated rings. The summed E-state index contributed by atoms with van der Waals surface area (Å²) in [5.41, 5.74) is 0.624. The van der Waals surface area contributed by atoms with Gasteiger partial charge in [-0.1, -0.05) is 41.3 Å². The highest BCUT2D eigenvalue weighted by molar-refractivity contribution is 8.01. The summed E-state index contributed by atoms with van der Waals surface area (Å²) in [6.07, 6.45) is 0. The number of rotatable bonds is 8. The highest BCUT2D eigenvalue weighted by Gasteiger charge is 2.14. The molecule has 2 aromatic carbocycles. The van der Waals surface area contributed by atoms with E-state index < -0.39 is 0 Å². The van der Waals surface area contributed by atoms with Gasteiger partial charge in [-0.05, 0) is 24.3 Å². The first-order valence-electron chi connectivity index (χ1n) is 9.29. The molecule has 160 valence electrons. The summed E-state index contributed by atoms with van der Waals surface area (Å²) in [6.45, 7) is 0.859. The van der Waals surface area contributed by atoms with E-state index in [1.165, 1.54) is 23.1 Å². The molecule has 0 aliphatic carbocycles. The minimum Gasteiger partial charge on any atom is -0.486 e. The zero-order valence-corrected chi connectivity index (χ0v) is 17.8. The van der Waals surface area contributed by atoms with Crippen LogP contribution in [-0.2, 0) is 9.59 Å². The van der Waals surface area contributed by atoms with Gasteiger partial charge >= 0.3 is 0 Å². The number of anilines is 2. The molecule has 1 aliphatic heterocycles. The number of carbonyl (C=O) groups is 2. The Labute approximate surface area is 186 Å².